The van der Waals surface area contributed by atoms with Crippen molar-refractivity contribution in [2.45, 2.75) is 10.4 Å². The van der Waals surface area contributed by atoms with Crippen LogP contribution in [0.1, 0.15) is 5.56 Å². The number of rotatable bonds is 5. The maximum Gasteiger partial charge on any atom is 0.446 e. The van der Waals surface area contributed by atoms with Gasteiger partial charge in [0.15, 0.2) is 6.61 Å². The molecule has 0 atom stereocenters. The lowest BCUT2D eigenvalue weighted by Gasteiger charge is -2.12. The number of alkyl halides is 3. The zero-order valence-electron chi connectivity index (χ0n) is 12.1. The first-order chi connectivity index (χ1) is 11.4. The minimum Gasteiger partial charge on any atom is -0.482 e. The number of halogens is 3. The van der Waals surface area contributed by atoms with Crippen molar-refractivity contribution in [3.05, 3.63) is 54.1 Å². The van der Waals surface area contributed by atoms with Gasteiger partial charge in [0.1, 0.15) is 11.8 Å². The fraction of sp³-hybridized carbons (Fsp3) is 0.125. The monoisotopic (exact) mass is 352 g/mol. The van der Waals surface area contributed by atoms with Gasteiger partial charge in [-0.2, -0.15) is 18.4 Å². The number of carbonyl (C=O) groups is 1. The highest BCUT2D eigenvalue weighted by Crippen LogP contribution is 2.40. The van der Waals surface area contributed by atoms with E-state index in [1.54, 1.807) is 12.1 Å². The lowest BCUT2D eigenvalue weighted by molar-refractivity contribution is -0.118. The van der Waals surface area contributed by atoms with Gasteiger partial charge in [-0.15, -0.1) is 0 Å². The van der Waals surface area contributed by atoms with Gasteiger partial charge in [-0.3, -0.25) is 4.79 Å². The molecular formula is C16H11F3N2O2S. The summed E-state index contributed by atoms with van der Waals surface area (Å²) in [4.78, 5) is 11.8. The Morgan fingerprint density at radius 3 is 2.54 bits per heavy atom. The highest BCUT2D eigenvalue weighted by atomic mass is 32.2. The third-order valence-electron chi connectivity index (χ3n) is 2.75. The molecule has 2 rings (SSSR count). The van der Waals surface area contributed by atoms with Crippen molar-refractivity contribution >= 4 is 23.4 Å². The Morgan fingerprint density at radius 1 is 1.17 bits per heavy atom. The molecule has 0 saturated heterocycles. The molecule has 0 spiro atoms. The molecular weight excluding hydrogens is 341 g/mol. The molecule has 0 aliphatic rings. The molecule has 0 aromatic heterocycles. The van der Waals surface area contributed by atoms with Gasteiger partial charge in [0.2, 0.25) is 0 Å². The molecule has 0 unspecified atom stereocenters. The van der Waals surface area contributed by atoms with Gasteiger partial charge in [0.25, 0.3) is 5.91 Å². The average molecular weight is 352 g/mol. The van der Waals surface area contributed by atoms with Crippen LogP contribution in [0.25, 0.3) is 0 Å². The molecule has 0 saturated carbocycles. The predicted octanol–water partition coefficient (Wildman–Crippen LogP) is 4.19. The number of hydrogen-bond acceptors (Lipinski definition) is 4. The normalized spacial score (nSPS) is 10.8. The van der Waals surface area contributed by atoms with Gasteiger partial charge in [-0.1, -0.05) is 24.3 Å². The third-order valence-corrected chi connectivity index (χ3v) is 3.56. The summed E-state index contributed by atoms with van der Waals surface area (Å²) in [6.07, 6.45) is 0. The van der Waals surface area contributed by atoms with Crippen LogP contribution in [-0.4, -0.2) is 18.0 Å². The first kappa shape index (κ1) is 17.7. The highest BCUT2D eigenvalue weighted by molar-refractivity contribution is 8.00. The van der Waals surface area contributed by atoms with E-state index in [1.807, 2.05) is 6.07 Å². The van der Waals surface area contributed by atoms with Crippen molar-refractivity contribution < 1.29 is 22.7 Å². The van der Waals surface area contributed by atoms with E-state index in [-0.39, 0.29) is 33.7 Å². The molecule has 0 bridgehead atoms. The number of amides is 1. The molecule has 2 aromatic rings. The van der Waals surface area contributed by atoms with Crippen LogP contribution >= 0.6 is 11.8 Å². The highest BCUT2D eigenvalue weighted by Gasteiger charge is 2.30. The molecule has 0 fully saturated rings. The maximum absolute atomic E-state index is 12.5. The number of ether oxygens (including phenoxy) is 1. The standard InChI is InChI=1S/C16H11F3N2O2S/c17-16(18,19)24-14-8-4-2-6-12(14)21-15(22)10-23-13-7-3-1-5-11(13)9-20/h1-8H,10H2,(H,21,22). The van der Waals surface area contributed by atoms with Gasteiger partial charge in [-0.25, -0.2) is 0 Å². The summed E-state index contributed by atoms with van der Waals surface area (Å²) < 4.78 is 42.8. The lowest BCUT2D eigenvalue weighted by atomic mass is 10.2. The largest absolute Gasteiger partial charge is 0.482 e. The Balaban J connectivity index is 2.02. The number of hydrogen-bond donors (Lipinski definition) is 1. The fourth-order valence-corrected chi connectivity index (χ4v) is 2.42. The summed E-state index contributed by atoms with van der Waals surface area (Å²) in [7, 11) is 0. The number of benzene rings is 2. The zero-order chi connectivity index (χ0) is 17.6. The number of para-hydroxylation sites is 2. The van der Waals surface area contributed by atoms with Crippen LogP contribution < -0.4 is 10.1 Å². The van der Waals surface area contributed by atoms with E-state index in [0.717, 1.165) is 0 Å². The molecule has 1 amide bonds. The fourth-order valence-electron chi connectivity index (χ4n) is 1.80. The van der Waals surface area contributed by atoms with E-state index in [9.17, 15) is 18.0 Å². The van der Waals surface area contributed by atoms with Crippen LogP contribution in [0.3, 0.4) is 0 Å². The Morgan fingerprint density at radius 2 is 1.83 bits per heavy atom. The van der Waals surface area contributed by atoms with Gasteiger partial charge in [-0.05, 0) is 36.0 Å². The molecule has 4 nitrogen and oxygen atoms in total. The zero-order valence-corrected chi connectivity index (χ0v) is 12.9. The van der Waals surface area contributed by atoms with E-state index in [4.69, 9.17) is 10.00 Å². The van der Waals surface area contributed by atoms with Crippen molar-refractivity contribution in [1.29, 1.82) is 5.26 Å². The van der Waals surface area contributed by atoms with Gasteiger partial charge in [0.05, 0.1) is 11.3 Å². The molecule has 2 aromatic carbocycles. The number of thioether (sulfide) groups is 1. The number of nitriles is 1. The second-order valence-electron chi connectivity index (χ2n) is 4.49. The van der Waals surface area contributed by atoms with Gasteiger partial charge in [0, 0.05) is 4.90 Å². The summed E-state index contributed by atoms with van der Waals surface area (Å²) in [5.74, 6) is -0.397. The second kappa shape index (κ2) is 7.75. The molecule has 124 valence electrons. The van der Waals surface area contributed by atoms with Crippen LogP contribution in [0.4, 0.5) is 18.9 Å². The average Bonchev–Trinajstić information content (AvgIpc) is 2.53. The molecule has 0 aliphatic heterocycles. The molecule has 0 radical (unpaired) electrons. The smallest absolute Gasteiger partial charge is 0.446 e. The first-order valence-corrected chi connectivity index (χ1v) is 7.47. The number of anilines is 1. The van der Waals surface area contributed by atoms with E-state index < -0.39 is 18.0 Å². The van der Waals surface area contributed by atoms with E-state index >= 15 is 0 Å². The van der Waals surface area contributed by atoms with Crippen LogP contribution in [0, 0.1) is 11.3 Å². The maximum atomic E-state index is 12.5. The summed E-state index contributed by atoms with van der Waals surface area (Å²) in [6.45, 7) is -0.427. The molecule has 0 aliphatic carbocycles. The summed E-state index contributed by atoms with van der Waals surface area (Å²) in [5.41, 5.74) is -4.15. The van der Waals surface area contributed by atoms with E-state index in [1.165, 1.54) is 36.4 Å². The van der Waals surface area contributed by atoms with Crippen molar-refractivity contribution in [3.63, 3.8) is 0 Å². The van der Waals surface area contributed by atoms with Crippen molar-refractivity contribution in [2.24, 2.45) is 0 Å². The topological polar surface area (TPSA) is 62.1 Å². The second-order valence-corrected chi connectivity index (χ2v) is 5.60. The van der Waals surface area contributed by atoms with Crippen LogP contribution in [0.15, 0.2) is 53.4 Å². The van der Waals surface area contributed by atoms with Crippen molar-refractivity contribution in [2.75, 3.05) is 11.9 Å². The predicted molar refractivity (Wildman–Crippen MR) is 83.6 cm³/mol. The summed E-state index contributed by atoms with van der Waals surface area (Å²) in [5, 5.41) is 11.3. The quantitative estimate of drug-likeness (QED) is 0.820. The Bertz CT molecular complexity index is 772. The lowest BCUT2D eigenvalue weighted by Crippen LogP contribution is -2.21. The minimum atomic E-state index is -4.46. The molecule has 1 N–H and O–H groups in total. The van der Waals surface area contributed by atoms with E-state index in [2.05, 4.69) is 5.32 Å². The Kier molecular flexibility index (Phi) is 5.71. The number of nitrogens with one attached hydrogen (secondary N) is 1. The Hall–Kier alpha value is -2.66. The first-order valence-electron chi connectivity index (χ1n) is 6.65. The van der Waals surface area contributed by atoms with Crippen LogP contribution in [0.5, 0.6) is 5.75 Å². The minimum absolute atomic E-state index is 0.0435. The Labute approximate surface area is 140 Å². The molecule has 0 heterocycles. The molecule has 8 heteroatoms. The van der Waals surface area contributed by atoms with Crippen LogP contribution in [0.2, 0.25) is 0 Å². The third kappa shape index (κ3) is 5.21. The van der Waals surface area contributed by atoms with Crippen molar-refractivity contribution in [1.82, 2.24) is 0 Å². The number of nitrogens with zero attached hydrogens (tertiary/aromatic N) is 1. The van der Waals surface area contributed by atoms with Gasteiger partial charge >= 0.3 is 5.51 Å². The van der Waals surface area contributed by atoms with Crippen LogP contribution in [-0.2, 0) is 4.79 Å². The van der Waals surface area contributed by atoms with E-state index in [0.29, 0.717) is 0 Å². The van der Waals surface area contributed by atoms with Crippen molar-refractivity contribution in [3.8, 4) is 11.8 Å². The van der Waals surface area contributed by atoms with Gasteiger partial charge < -0.3 is 10.1 Å². The number of carbonyl (C=O) groups excluding carboxylic acids is 1. The summed E-state index contributed by atoms with van der Waals surface area (Å²) >= 11 is -0.309. The molecule has 24 heavy (non-hydrogen) atoms. The summed E-state index contributed by atoms with van der Waals surface area (Å²) in [6, 6.07) is 13.9. The SMILES string of the molecule is N#Cc1ccccc1OCC(=O)Nc1ccccc1SC(F)(F)F.